The fourth-order valence-electron chi connectivity index (χ4n) is 10.1. The van der Waals surface area contributed by atoms with Crippen LogP contribution >= 0.6 is 0 Å². The Morgan fingerprint density at radius 1 is 0.500 bits per heavy atom. The predicted molar refractivity (Wildman–Crippen MR) is 315 cm³/mol. The summed E-state index contributed by atoms with van der Waals surface area (Å²) in [6.07, 6.45) is 3.49. The number of amides is 11. The molecule has 1 rings (SSSR count). The molecule has 11 atom stereocenters. The van der Waals surface area contributed by atoms with Gasteiger partial charge in [0.1, 0.15) is 54.4 Å². The third kappa shape index (κ3) is 20.6. The quantitative estimate of drug-likeness (QED) is 0.157. The van der Waals surface area contributed by atoms with Crippen LogP contribution in [0.25, 0.3) is 0 Å². The Balaban J connectivity index is 4.19. The first-order valence-corrected chi connectivity index (χ1v) is 29.2. The average molecular weight is 1160 g/mol. The molecule has 0 saturated carbocycles. The van der Waals surface area contributed by atoms with Gasteiger partial charge in [0.2, 0.25) is 65.0 Å². The van der Waals surface area contributed by atoms with E-state index in [1.165, 1.54) is 87.7 Å². The summed E-state index contributed by atoms with van der Waals surface area (Å²) >= 11 is 0. The van der Waals surface area contributed by atoms with E-state index < -0.39 is 156 Å². The standard InChI is InChI=1S/C59H105N11O12/c1-23-25-27-38(13)50(73)49-54(77)60-31-45(71)64(16)32-46(72)65(17)42(28-33(3)4)53(76)63-47(36(9)10)58(81)67(19)43(29-34(5)6)52(75)61-39(14)51(74)62-40(15)55(78)66(18)41(26-24-2)56(79)68(20)44(30-35(7)8)57(80)69(21)48(37(11)12)59(82)70(49)22/h23,25,33-44,47-50,73H,24,26-32H2,1-22H3,(H,60,77)(H,61,75)(H,62,74)(H,63,76). The summed E-state index contributed by atoms with van der Waals surface area (Å²) in [6, 6.07) is -11.0. The largest absolute Gasteiger partial charge is 0.390 e. The van der Waals surface area contributed by atoms with Crippen molar-refractivity contribution in [1.29, 1.82) is 0 Å². The maximum absolute atomic E-state index is 15.0. The van der Waals surface area contributed by atoms with E-state index in [0.29, 0.717) is 12.8 Å². The summed E-state index contributed by atoms with van der Waals surface area (Å²) in [4.78, 5) is 166. The van der Waals surface area contributed by atoms with Crippen molar-refractivity contribution in [1.82, 2.24) is 55.6 Å². The maximum Gasteiger partial charge on any atom is 0.246 e. The molecule has 11 amide bonds. The van der Waals surface area contributed by atoms with Gasteiger partial charge in [-0.25, -0.2) is 0 Å². The summed E-state index contributed by atoms with van der Waals surface area (Å²) in [5, 5.41) is 22.7. The molecule has 23 nitrogen and oxygen atoms in total. The Bertz CT molecular complexity index is 2240. The van der Waals surface area contributed by atoms with Gasteiger partial charge in [0.05, 0.1) is 19.2 Å². The zero-order valence-electron chi connectivity index (χ0n) is 53.6. The van der Waals surface area contributed by atoms with Gasteiger partial charge in [0, 0.05) is 49.3 Å². The van der Waals surface area contributed by atoms with Gasteiger partial charge in [0.25, 0.3) is 0 Å². The van der Waals surface area contributed by atoms with Crippen LogP contribution in [0, 0.1) is 35.5 Å². The molecule has 82 heavy (non-hydrogen) atoms. The lowest BCUT2D eigenvalue weighted by atomic mass is 9.91. The van der Waals surface area contributed by atoms with Crippen molar-refractivity contribution >= 4 is 65.0 Å². The van der Waals surface area contributed by atoms with Gasteiger partial charge in [-0.3, -0.25) is 52.7 Å². The SMILES string of the molecule is CC=CCC(C)C(O)C1C(=O)NCC(=O)N(C)CC(=O)N(C)C(CC(C)C)C(=O)NC(C(C)C)C(=O)N(C)C(CC(C)C)C(=O)NC(C)C(=O)NC(C)C(=O)N(C)C(CCC)C(=O)N(C)C(CC(C)C)C(=O)N(C)C(C(C)C)C(=O)N1C. The zero-order valence-corrected chi connectivity index (χ0v) is 53.6. The van der Waals surface area contributed by atoms with Crippen LogP contribution in [0.1, 0.15) is 142 Å². The van der Waals surface area contributed by atoms with Gasteiger partial charge >= 0.3 is 0 Å². The molecule has 5 N–H and O–H groups in total. The Hall–Kier alpha value is -6.13. The van der Waals surface area contributed by atoms with Crippen molar-refractivity contribution in [3.05, 3.63) is 12.2 Å². The molecular weight excluding hydrogens is 1050 g/mol. The number of carbonyl (C=O) groups excluding carboxylic acids is 11. The van der Waals surface area contributed by atoms with Crippen LogP contribution in [-0.4, -0.2) is 227 Å². The number of aliphatic hydroxyl groups is 1. The molecular formula is C59H105N11O12. The minimum Gasteiger partial charge on any atom is -0.390 e. The van der Waals surface area contributed by atoms with E-state index in [9.17, 15) is 57.8 Å². The van der Waals surface area contributed by atoms with E-state index in [0.717, 1.165) is 9.80 Å². The Morgan fingerprint density at radius 2 is 0.951 bits per heavy atom. The summed E-state index contributed by atoms with van der Waals surface area (Å²) in [7, 11) is 9.83. The molecule has 0 radical (unpaired) electrons. The van der Waals surface area contributed by atoms with Crippen LogP contribution < -0.4 is 21.3 Å². The Morgan fingerprint density at radius 3 is 1.44 bits per heavy atom. The lowest BCUT2D eigenvalue weighted by Gasteiger charge is -2.41. The first kappa shape index (κ1) is 73.9. The molecule has 1 aliphatic rings. The normalized spacial score (nSPS) is 26.5. The highest BCUT2D eigenvalue weighted by molar-refractivity contribution is 5.99. The van der Waals surface area contributed by atoms with Gasteiger partial charge < -0.3 is 60.7 Å². The van der Waals surface area contributed by atoms with Crippen LogP contribution in [0.2, 0.25) is 0 Å². The number of rotatable bonds is 14. The number of nitrogens with one attached hydrogen (secondary N) is 4. The van der Waals surface area contributed by atoms with E-state index in [1.54, 1.807) is 53.7 Å². The van der Waals surface area contributed by atoms with Crippen LogP contribution in [0.5, 0.6) is 0 Å². The summed E-state index contributed by atoms with van der Waals surface area (Å²) < 4.78 is 0. The molecule has 1 saturated heterocycles. The highest BCUT2D eigenvalue weighted by Gasteiger charge is 2.45. The molecule has 1 heterocycles. The monoisotopic (exact) mass is 1160 g/mol. The third-order valence-corrected chi connectivity index (χ3v) is 15.4. The van der Waals surface area contributed by atoms with Gasteiger partial charge in [-0.05, 0) is 88.4 Å². The van der Waals surface area contributed by atoms with E-state index in [4.69, 9.17) is 0 Å². The number of likely N-dealkylation sites (N-methyl/N-ethyl adjacent to an activating group) is 7. The number of hydrogen-bond acceptors (Lipinski definition) is 12. The molecule has 23 heteroatoms. The first-order valence-electron chi connectivity index (χ1n) is 29.2. The Kier molecular flexibility index (Phi) is 30.5. The molecule has 1 aliphatic heterocycles. The predicted octanol–water partition coefficient (Wildman–Crippen LogP) is 2.24. The summed E-state index contributed by atoms with van der Waals surface area (Å²) in [5.74, 6) is -9.57. The molecule has 0 aromatic heterocycles. The van der Waals surface area contributed by atoms with Gasteiger partial charge in [0.15, 0.2) is 0 Å². The number of allylic oxidation sites excluding steroid dienone is 2. The van der Waals surface area contributed by atoms with Crippen molar-refractivity contribution in [2.75, 3.05) is 62.4 Å². The van der Waals surface area contributed by atoms with Crippen LogP contribution in [-0.2, 0) is 52.7 Å². The van der Waals surface area contributed by atoms with E-state index in [2.05, 4.69) is 21.3 Å². The second-order valence-electron chi connectivity index (χ2n) is 24.6. The lowest BCUT2D eigenvalue weighted by Crippen LogP contribution is -2.62. The van der Waals surface area contributed by atoms with Gasteiger partial charge in [-0.2, -0.15) is 0 Å². The topological polar surface area (TPSA) is 279 Å². The first-order chi connectivity index (χ1) is 37.9. The molecule has 0 aromatic carbocycles. The molecule has 0 aliphatic carbocycles. The van der Waals surface area contributed by atoms with Crippen LogP contribution in [0.3, 0.4) is 0 Å². The van der Waals surface area contributed by atoms with E-state index in [1.807, 2.05) is 48.5 Å². The number of nitrogens with zero attached hydrogens (tertiary/aromatic N) is 7. The van der Waals surface area contributed by atoms with Crippen molar-refractivity contribution in [3.8, 4) is 0 Å². The van der Waals surface area contributed by atoms with Gasteiger partial charge in [-0.15, -0.1) is 0 Å². The maximum atomic E-state index is 15.0. The Labute approximate surface area is 489 Å². The molecule has 1 fully saturated rings. The minimum atomic E-state index is -1.59. The van der Waals surface area contributed by atoms with E-state index in [-0.39, 0.29) is 43.4 Å². The molecule has 0 bridgehead atoms. The zero-order chi connectivity index (χ0) is 63.5. The molecule has 0 spiro atoms. The molecule has 0 aromatic rings. The number of aliphatic hydroxyl groups excluding tert-OH is 1. The molecule has 468 valence electrons. The fraction of sp³-hybridized carbons (Fsp3) is 0.780. The lowest BCUT2D eigenvalue weighted by molar-refractivity contribution is -0.157. The summed E-state index contributed by atoms with van der Waals surface area (Å²) in [6.45, 7) is 25.0. The van der Waals surface area contributed by atoms with E-state index >= 15 is 0 Å². The molecule has 11 unspecified atom stereocenters. The number of hydrogen-bond donors (Lipinski definition) is 5. The van der Waals surface area contributed by atoms with Crippen LogP contribution in [0.4, 0.5) is 0 Å². The second-order valence-corrected chi connectivity index (χ2v) is 24.6. The van der Waals surface area contributed by atoms with Crippen molar-refractivity contribution in [3.63, 3.8) is 0 Å². The smallest absolute Gasteiger partial charge is 0.246 e. The summed E-state index contributed by atoms with van der Waals surface area (Å²) in [5.41, 5.74) is 0. The third-order valence-electron chi connectivity index (χ3n) is 15.4. The second kappa shape index (κ2) is 33.8. The van der Waals surface area contributed by atoms with Crippen LogP contribution in [0.15, 0.2) is 12.2 Å². The number of carbonyl (C=O) groups is 11. The van der Waals surface area contributed by atoms with Crippen molar-refractivity contribution < 1.29 is 57.8 Å². The highest BCUT2D eigenvalue weighted by Crippen LogP contribution is 2.25. The van der Waals surface area contributed by atoms with Crippen molar-refractivity contribution in [2.24, 2.45) is 35.5 Å². The van der Waals surface area contributed by atoms with Gasteiger partial charge in [-0.1, -0.05) is 102 Å². The average Bonchev–Trinajstić information content (AvgIpc) is 3.60. The highest BCUT2D eigenvalue weighted by atomic mass is 16.3. The fourth-order valence-corrected chi connectivity index (χ4v) is 10.1. The van der Waals surface area contributed by atoms with Crippen molar-refractivity contribution in [2.45, 2.75) is 203 Å². The minimum absolute atomic E-state index is 0.125.